The summed E-state index contributed by atoms with van der Waals surface area (Å²) in [5.74, 6) is 1.01. The van der Waals surface area contributed by atoms with Crippen molar-refractivity contribution in [3.63, 3.8) is 0 Å². The first-order chi connectivity index (χ1) is 8.74. The van der Waals surface area contributed by atoms with Gasteiger partial charge in [-0.2, -0.15) is 0 Å². The SMILES string of the molecule is NC1CC(C2CCCCC2)Oc2cc(F)ccc21. The second-order valence-corrected chi connectivity index (χ2v) is 5.58. The van der Waals surface area contributed by atoms with E-state index in [4.69, 9.17) is 10.5 Å². The smallest absolute Gasteiger partial charge is 0.127 e. The van der Waals surface area contributed by atoms with Crippen molar-refractivity contribution in [1.29, 1.82) is 0 Å². The van der Waals surface area contributed by atoms with E-state index in [1.165, 1.54) is 44.2 Å². The molecule has 1 saturated carbocycles. The number of rotatable bonds is 1. The second-order valence-electron chi connectivity index (χ2n) is 5.58. The Bertz CT molecular complexity index is 429. The van der Waals surface area contributed by atoms with Crippen LogP contribution in [0.2, 0.25) is 0 Å². The minimum absolute atomic E-state index is 0.0127. The van der Waals surface area contributed by atoms with Crippen LogP contribution >= 0.6 is 0 Å². The minimum Gasteiger partial charge on any atom is -0.490 e. The average molecular weight is 249 g/mol. The summed E-state index contributed by atoms with van der Waals surface area (Å²) in [5.41, 5.74) is 7.14. The summed E-state index contributed by atoms with van der Waals surface area (Å²) in [6.07, 6.45) is 7.40. The van der Waals surface area contributed by atoms with Crippen LogP contribution < -0.4 is 10.5 Å². The highest BCUT2D eigenvalue weighted by Crippen LogP contribution is 2.39. The molecule has 1 aliphatic carbocycles. The third kappa shape index (κ3) is 2.24. The second kappa shape index (κ2) is 4.88. The van der Waals surface area contributed by atoms with Crippen LogP contribution in [0.1, 0.15) is 50.1 Å². The molecule has 0 radical (unpaired) electrons. The Morgan fingerprint density at radius 3 is 2.72 bits per heavy atom. The van der Waals surface area contributed by atoms with Crippen molar-refractivity contribution in [2.75, 3.05) is 0 Å². The zero-order valence-electron chi connectivity index (χ0n) is 10.6. The molecule has 0 aromatic heterocycles. The molecule has 0 spiro atoms. The molecule has 0 amide bonds. The Kier molecular flexibility index (Phi) is 3.25. The van der Waals surface area contributed by atoms with Crippen molar-refractivity contribution < 1.29 is 9.13 Å². The highest BCUT2D eigenvalue weighted by atomic mass is 19.1. The van der Waals surface area contributed by atoms with E-state index in [1.54, 1.807) is 6.07 Å². The molecule has 3 heteroatoms. The average Bonchev–Trinajstić information content (AvgIpc) is 2.39. The van der Waals surface area contributed by atoms with Gasteiger partial charge in [-0.25, -0.2) is 4.39 Å². The van der Waals surface area contributed by atoms with Crippen molar-refractivity contribution in [2.24, 2.45) is 11.7 Å². The molecule has 2 unspecified atom stereocenters. The Morgan fingerprint density at radius 1 is 1.17 bits per heavy atom. The van der Waals surface area contributed by atoms with Crippen molar-refractivity contribution in [1.82, 2.24) is 0 Å². The normalized spacial score (nSPS) is 28.6. The first-order valence-corrected chi connectivity index (χ1v) is 6.96. The fourth-order valence-electron chi connectivity index (χ4n) is 3.30. The molecule has 2 aliphatic rings. The monoisotopic (exact) mass is 249 g/mol. The maximum absolute atomic E-state index is 13.3. The molecule has 0 bridgehead atoms. The largest absolute Gasteiger partial charge is 0.490 e. The molecule has 1 aliphatic heterocycles. The van der Waals surface area contributed by atoms with Crippen molar-refractivity contribution in [3.05, 3.63) is 29.6 Å². The van der Waals surface area contributed by atoms with Gasteiger partial charge in [0.1, 0.15) is 17.7 Å². The quantitative estimate of drug-likeness (QED) is 0.826. The van der Waals surface area contributed by atoms with Crippen molar-refractivity contribution in [3.8, 4) is 5.75 Å². The van der Waals surface area contributed by atoms with Gasteiger partial charge in [0.2, 0.25) is 0 Å². The Morgan fingerprint density at radius 2 is 1.94 bits per heavy atom. The lowest BCUT2D eigenvalue weighted by molar-refractivity contribution is 0.0780. The standard InChI is InChI=1S/C15H20FNO/c16-11-6-7-12-13(17)9-14(18-15(12)8-11)10-4-2-1-3-5-10/h6-8,10,13-14H,1-5,9,17H2. The maximum Gasteiger partial charge on any atom is 0.127 e. The Balaban J connectivity index is 1.81. The molecule has 2 N–H and O–H groups in total. The minimum atomic E-state index is -0.245. The Hall–Kier alpha value is -1.09. The van der Waals surface area contributed by atoms with Crippen LogP contribution in [0.4, 0.5) is 4.39 Å². The first-order valence-electron chi connectivity index (χ1n) is 6.96. The van der Waals surface area contributed by atoms with Gasteiger partial charge in [0.25, 0.3) is 0 Å². The van der Waals surface area contributed by atoms with Crippen LogP contribution in [0.3, 0.4) is 0 Å². The van der Waals surface area contributed by atoms with Gasteiger partial charge in [-0.1, -0.05) is 25.3 Å². The zero-order chi connectivity index (χ0) is 12.5. The lowest BCUT2D eigenvalue weighted by Gasteiger charge is -2.36. The number of fused-ring (bicyclic) bond motifs is 1. The van der Waals surface area contributed by atoms with Gasteiger partial charge >= 0.3 is 0 Å². The number of ether oxygens (including phenoxy) is 1. The van der Waals surface area contributed by atoms with Gasteiger partial charge < -0.3 is 10.5 Å². The van der Waals surface area contributed by atoms with Crippen LogP contribution in [-0.4, -0.2) is 6.10 Å². The van der Waals surface area contributed by atoms with Crippen LogP contribution in [0.15, 0.2) is 18.2 Å². The molecule has 1 fully saturated rings. The van der Waals surface area contributed by atoms with Gasteiger partial charge in [0.05, 0.1) is 0 Å². The zero-order valence-corrected chi connectivity index (χ0v) is 10.6. The van der Waals surface area contributed by atoms with Crippen LogP contribution in [0.25, 0.3) is 0 Å². The van der Waals surface area contributed by atoms with Gasteiger partial charge in [0, 0.05) is 24.1 Å². The van der Waals surface area contributed by atoms with E-state index in [-0.39, 0.29) is 18.0 Å². The lowest BCUT2D eigenvalue weighted by Crippen LogP contribution is -2.36. The number of hydrogen-bond acceptors (Lipinski definition) is 2. The molecule has 0 saturated heterocycles. The molecular formula is C15H20FNO. The van der Waals surface area contributed by atoms with Gasteiger partial charge in [-0.3, -0.25) is 0 Å². The van der Waals surface area contributed by atoms with Crippen LogP contribution in [-0.2, 0) is 0 Å². The molecule has 2 nitrogen and oxygen atoms in total. The van der Waals surface area contributed by atoms with Crippen molar-refractivity contribution in [2.45, 2.75) is 50.7 Å². The molecule has 18 heavy (non-hydrogen) atoms. The maximum atomic E-state index is 13.3. The van der Waals surface area contributed by atoms with E-state index in [2.05, 4.69) is 0 Å². The molecule has 1 heterocycles. The fraction of sp³-hybridized carbons (Fsp3) is 0.600. The number of nitrogens with two attached hydrogens (primary N) is 1. The molecule has 2 atom stereocenters. The van der Waals surface area contributed by atoms with Crippen LogP contribution in [0.5, 0.6) is 5.75 Å². The third-order valence-corrected chi connectivity index (χ3v) is 4.32. The van der Waals surface area contributed by atoms with E-state index < -0.39 is 0 Å². The number of halogens is 1. The van der Waals surface area contributed by atoms with E-state index in [1.807, 2.05) is 0 Å². The van der Waals surface area contributed by atoms with Gasteiger partial charge in [-0.15, -0.1) is 0 Å². The van der Waals surface area contributed by atoms with E-state index >= 15 is 0 Å². The summed E-state index contributed by atoms with van der Waals surface area (Å²) in [4.78, 5) is 0. The molecule has 98 valence electrons. The molecule has 3 rings (SSSR count). The highest BCUT2D eigenvalue weighted by molar-refractivity contribution is 5.38. The van der Waals surface area contributed by atoms with E-state index in [0.29, 0.717) is 11.7 Å². The molecular weight excluding hydrogens is 229 g/mol. The summed E-state index contributed by atoms with van der Waals surface area (Å²) in [6.45, 7) is 0. The summed E-state index contributed by atoms with van der Waals surface area (Å²) in [7, 11) is 0. The fourth-order valence-corrected chi connectivity index (χ4v) is 3.30. The van der Waals surface area contributed by atoms with E-state index in [9.17, 15) is 4.39 Å². The summed E-state index contributed by atoms with van der Waals surface area (Å²) < 4.78 is 19.3. The summed E-state index contributed by atoms with van der Waals surface area (Å²) in [6, 6.07) is 4.68. The molecule has 1 aromatic rings. The first kappa shape index (κ1) is 12.0. The molecule has 1 aromatic carbocycles. The number of hydrogen-bond donors (Lipinski definition) is 1. The predicted octanol–water partition coefficient (Wildman–Crippen LogP) is 3.56. The summed E-state index contributed by atoms with van der Waals surface area (Å²) >= 11 is 0. The Labute approximate surface area is 107 Å². The summed E-state index contributed by atoms with van der Waals surface area (Å²) in [5, 5.41) is 0. The topological polar surface area (TPSA) is 35.2 Å². The number of benzene rings is 1. The highest BCUT2D eigenvalue weighted by Gasteiger charge is 2.32. The van der Waals surface area contributed by atoms with Gasteiger partial charge in [-0.05, 0) is 24.8 Å². The van der Waals surface area contributed by atoms with E-state index in [0.717, 1.165) is 12.0 Å². The predicted molar refractivity (Wildman–Crippen MR) is 68.9 cm³/mol. The van der Waals surface area contributed by atoms with Gasteiger partial charge in [0.15, 0.2) is 0 Å². The van der Waals surface area contributed by atoms with Crippen LogP contribution in [0, 0.1) is 11.7 Å². The lowest BCUT2D eigenvalue weighted by atomic mass is 9.81. The van der Waals surface area contributed by atoms with Crippen molar-refractivity contribution >= 4 is 0 Å². The third-order valence-electron chi connectivity index (χ3n) is 4.32.